The van der Waals surface area contributed by atoms with Gasteiger partial charge >= 0.3 is 0 Å². The summed E-state index contributed by atoms with van der Waals surface area (Å²) < 4.78 is 33.3. The molecule has 4 unspecified atom stereocenters. The Morgan fingerprint density at radius 3 is 0.507 bits per heavy atom. The normalized spacial score (nSPS) is 13.1. The lowest BCUT2D eigenvalue weighted by molar-refractivity contribution is 0.165. The quantitative estimate of drug-likeness (QED) is 0.0281. The zero-order valence-corrected chi connectivity index (χ0v) is 92.1. The molecule has 0 aliphatic carbocycles. The molecule has 1 aliphatic heterocycles. The molecule has 1 aliphatic rings. The van der Waals surface area contributed by atoms with Crippen molar-refractivity contribution in [3.8, 4) is 23.0 Å². The fourth-order valence-corrected chi connectivity index (χ4v) is 22.5. The Hall–Kier alpha value is -6.56. The number of benzene rings is 4. The van der Waals surface area contributed by atoms with Crippen molar-refractivity contribution in [3.05, 3.63) is 94.7 Å². The molecule has 0 fully saturated rings. The van der Waals surface area contributed by atoms with Crippen molar-refractivity contribution >= 4 is 66.4 Å². The molecule has 0 saturated carbocycles. The van der Waals surface area contributed by atoms with Crippen molar-refractivity contribution in [3.63, 3.8) is 0 Å². The van der Waals surface area contributed by atoms with Crippen LogP contribution in [0.2, 0.25) is 0 Å². The minimum Gasteiger partial charge on any atom is -0.488 e. The SMILES string of the molecule is CCCCCCCCCCCCC(CCCCCCCCCC)COc1c(OCC(CCCCCCCCCC)CCCCCCCCCCCC)c(OCC(CCCCCCCCCC)CCCCCCCCCCCC)c2c3[nH]c(c2c1OCC(CCCCCCCCCC)CCCCCCCCCCCC)=Nc1[nH]c(c2ccccc12)N=c1[nH]c(c2ccccc12)=Nc1[nH]c(c2ccccc12)N=3. The number of hydrogen-bond acceptors (Lipinski definition) is 8. The highest BCUT2D eigenvalue weighted by Gasteiger charge is 2.33. The van der Waals surface area contributed by atoms with Crippen molar-refractivity contribution in [2.75, 3.05) is 26.4 Å². The lowest BCUT2D eigenvalue weighted by atomic mass is 9.94. The van der Waals surface area contributed by atoms with Crippen LogP contribution in [0.15, 0.2) is 92.8 Å². The summed E-state index contributed by atoms with van der Waals surface area (Å²) in [7, 11) is 0. The summed E-state index contributed by atoms with van der Waals surface area (Å²) in [6.07, 6.45) is 104. The first-order valence-electron chi connectivity index (χ1n) is 61.3. The van der Waals surface area contributed by atoms with Crippen molar-refractivity contribution in [2.45, 2.75) is 569 Å². The highest BCUT2D eigenvalue weighted by Crippen LogP contribution is 2.52. The molecule has 0 radical (unpaired) electrons. The number of hydrogen-bond donors (Lipinski definition) is 4. The van der Waals surface area contributed by atoms with Crippen LogP contribution in [0.1, 0.15) is 569 Å². The van der Waals surface area contributed by atoms with E-state index in [0.29, 0.717) is 84.2 Å². The molecule has 0 saturated heterocycles. The second-order valence-electron chi connectivity index (χ2n) is 44.1. The molecule has 5 heterocycles. The molecule has 9 rings (SSSR count). The van der Waals surface area contributed by atoms with Crippen LogP contribution in [0.4, 0.5) is 23.3 Å². The zero-order valence-electron chi connectivity index (χ0n) is 92.1. The van der Waals surface area contributed by atoms with Crippen molar-refractivity contribution in [1.29, 1.82) is 0 Å². The average molecular weight is 1930 g/mol. The van der Waals surface area contributed by atoms with Gasteiger partial charge in [-0.15, -0.1) is 0 Å². The molecule has 8 aromatic rings. The predicted molar refractivity (Wildman–Crippen MR) is 607 cm³/mol. The number of aromatic nitrogens is 4. The molecule has 0 spiro atoms. The molecule has 12 nitrogen and oxygen atoms in total. The summed E-state index contributed by atoms with van der Waals surface area (Å²) in [5.41, 5.74) is 2.77. The van der Waals surface area contributed by atoms with Crippen LogP contribution in [0, 0.1) is 23.7 Å². The van der Waals surface area contributed by atoms with E-state index in [4.69, 9.17) is 38.9 Å². The summed E-state index contributed by atoms with van der Waals surface area (Å²) in [6, 6.07) is 25.9. The smallest absolute Gasteiger partial charge is 0.208 e. The maximum Gasteiger partial charge on any atom is 0.208 e. The summed E-state index contributed by atoms with van der Waals surface area (Å²) >= 11 is 0. The Labute approximate surface area is 856 Å². The van der Waals surface area contributed by atoms with E-state index >= 15 is 0 Å². The molecule has 4 N–H and O–H groups in total. The topological polar surface area (TPSA) is 150 Å². The molecular formula is C128H212N8O4. The van der Waals surface area contributed by atoms with Gasteiger partial charge in [0.25, 0.3) is 0 Å². The molecule has 4 atom stereocenters. The molecule has 140 heavy (non-hydrogen) atoms. The maximum absolute atomic E-state index is 8.34. The lowest BCUT2D eigenvalue weighted by Crippen LogP contribution is -2.20. The number of unbranched alkanes of at least 4 members (excludes halogenated alkanes) is 64. The van der Waals surface area contributed by atoms with Gasteiger partial charge < -0.3 is 38.9 Å². The Bertz CT molecular complexity index is 4390. The van der Waals surface area contributed by atoms with Crippen molar-refractivity contribution < 1.29 is 18.9 Å². The van der Waals surface area contributed by atoms with Gasteiger partial charge in [-0.25, -0.2) is 20.0 Å². The van der Waals surface area contributed by atoms with Gasteiger partial charge in [0.1, 0.15) is 45.2 Å². The van der Waals surface area contributed by atoms with E-state index in [1.54, 1.807) is 0 Å². The molecule has 4 aromatic heterocycles. The zero-order chi connectivity index (χ0) is 98.2. The van der Waals surface area contributed by atoms with E-state index in [-0.39, 0.29) is 0 Å². The first-order chi connectivity index (χ1) is 69.3. The lowest BCUT2D eigenvalue weighted by Gasteiger charge is -2.27. The van der Waals surface area contributed by atoms with E-state index in [9.17, 15) is 0 Å². The minimum absolute atomic E-state index is 0.324. The third-order valence-corrected chi connectivity index (χ3v) is 31.5. The maximum atomic E-state index is 8.34. The van der Waals surface area contributed by atoms with Crippen LogP contribution in [-0.2, 0) is 0 Å². The van der Waals surface area contributed by atoms with Gasteiger partial charge in [0.2, 0.25) is 11.5 Å². The standard InChI is InChI=1S/C128H212N8O4/c1-9-17-25-33-41-49-53-61-69-75-89-105(87-73-65-57-45-37-29-21-13-5)101-137-117-115-116(128-135-126-114-100-86-84-98-112(114)124(133-126)131-122-110-96-82-81-95-109(110)121(129-122)130-123-111-97-83-85-99-113(111)125(132-123)134-127(115)136-128)118(138-102-106(88-74-66-58-46-38-30-22-14-6)90-76-70-62-54-50-42-34-26-18-10-2)120(140-104-108(92-78-68-60-48-40-32-24-16-8)94-80-72-64-56-52-44-36-28-20-12-4)119(117)139-103-107(91-77-67-59-47-39-31-23-15-7)93-79-71-63-55-51-43-35-27-19-11-3/h81-86,95-100,105-108H,9-80,87-94,101-104H2,1-8H3,(H4,129,130,131,132,133,134,135,136). The first kappa shape index (κ1) is 117. The second-order valence-corrected chi connectivity index (χ2v) is 44.1. The Morgan fingerprint density at radius 1 is 0.171 bits per heavy atom. The van der Waals surface area contributed by atoms with E-state index < -0.39 is 0 Å². The number of fused-ring (bicyclic) bond motifs is 20. The van der Waals surface area contributed by atoms with Crippen LogP contribution in [0.5, 0.6) is 23.0 Å². The van der Waals surface area contributed by atoms with E-state index in [1.165, 1.54) is 462 Å². The summed E-state index contributed by atoms with van der Waals surface area (Å²) in [4.78, 5) is 39.2. The second kappa shape index (κ2) is 76.1. The van der Waals surface area contributed by atoms with Crippen LogP contribution < -0.4 is 40.9 Å². The van der Waals surface area contributed by atoms with Crippen LogP contribution in [0.25, 0.3) is 43.1 Å². The highest BCUT2D eigenvalue weighted by atomic mass is 16.6. The number of nitrogens with one attached hydrogen (secondary N) is 4. The van der Waals surface area contributed by atoms with Crippen molar-refractivity contribution in [1.82, 2.24) is 19.9 Å². The highest BCUT2D eigenvalue weighted by molar-refractivity contribution is 6.02. The Morgan fingerprint density at radius 2 is 0.321 bits per heavy atom. The molecular weight excluding hydrogens is 1710 g/mol. The number of H-pyrrole nitrogens is 4. The average Bonchev–Trinajstić information content (AvgIpc) is 1.55. The van der Waals surface area contributed by atoms with Gasteiger partial charge in [-0.2, -0.15) is 0 Å². The van der Waals surface area contributed by atoms with E-state index in [1.807, 2.05) is 0 Å². The van der Waals surface area contributed by atoms with Gasteiger partial charge in [0.15, 0.2) is 11.5 Å². The Kier molecular flexibility index (Phi) is 63.6. The summed E-state index contributed by atoms with van der Waals surface area (Å²) in [5, 5.41) is 7.60. The van der Waals surface area contributed by atoms with Gasteiger partial charge in [0.05, 0.1) is 37.2 Å². The van der Waals surface area contributed by atoms with Crippen LogP contribution in [-0.4, -0.2) is 46.4 Å². The molecule has 8 bridgehead atoms. The van der Waals surface area contributed by atoms with E-state index in [2.05, 4.69) is 148 Å². The molecule has 12 heteroatoms. The summed E-state index contributed by atoms with van der Waals surface area (Å²) in [6.45, 7) is 21.0. The number of ether oxygens (including phenoxy) is 4. The Balaban J connectivity index is 1.32. The minimum atomic E-state index is 0.324. The fraction of sp³-hybridized carbons (Fsp3) is 0.750. The number of rotatable bonds is 92. The van der Waals surface area contributed by atoms with Gasteiger partial charge in [-0.1, -0.05) is 590 Å². The third kappa shape index (κ3) is 45.2. The molecule has 0 amide bonds. The van der Waals surface area contributed by atoms with E-state index in [0.717, 1.165) is 129 Å². The largest absolute Gasteiger partial charge is 0.488 e. The first-order valence-corrected chi connectivity index (χ1v) is 61.3. The van der Waals surface area contributed by atoms with Gasteiger partial charge in [-0.3, -0.25) is 0 Å². The van der Waals surface area contributed by atoms with Crippen LogP contribution >= 0.6 is 0 Å². The molecule has 4 aromatic carbocycles. The number of aromatic amines is 4. The predicted octanol–water partition coefficient (Wildman–Crippen LogP) is 41.1. The monoisotopic (exact) mass is 1930 g/mol. The van der Waals surface area contributed by atoms with Gasteiger partial charge in [-0.05, 0) is 75.0 Å². The van der Waals surface area contributed by atoms with Crippen LogP contribution in [0.3, 0.4) is 0 Å². The third-order valence-electron chi connectivity index (χ3n) is 31.5. The summed E-state index contributed by atoms with van der Waals surface area (Å²) in [5.74, 6) is 7.05. The van der Waals surface area contributed by atoms with Crippen molar-refractivity contribution in [2.24, 2.45) is 43.6 Å². The number of nitrogens with zero attached hydrogens (tertiary/aromatic N) is 4. The fourth-order valence-electron chi connectivity index (χ4n) is 22.5. The van der Waals surface area contributed by atoms with Gasteiger partial charge in [0, 0.05) is 32.3 Å². The molecule has 788 valence electrons.